The minimum atomic E-state index is 0.207. The Balaban J connectivity index is 2.28. The molecule has 1 heterocycles. The highest BCUT2D eigenvalue weighted by molar-refractivity contribution is 9.09. The van der Waals surface area contributed by atoms with E-state index in [9.17, 15) is 0 Å². The van der Waals surface area contributed by atoms with Gasteiger partial charge < -0.3 is 4.74 Å². The van der Waals surface area contributed by atoms with Gasteiger partial charge >= 0.3 is 0 Å². The molecule has 1 unspecified atom stereocenters. The zero-order valence-corrected chi connectivity index (χ0v) is 11.4. The number of rotatable bonds is 4. The number of ether oxygens (including phenoxy) is 1. The zero-order valence-electron chi connectivity index (χ0n) is 9.80. The lowest BCUT2D eigenvalue weighted by molar-refractivity contribution is 0.185. The van der Waals surface area contributed by atoms with Crippen LogP contribution in [0.2, 0.25) is 0 Å². The normalized spacial score (nSPS) is 12.6. The summed E-state index contributed by atoms with van der Waals surface area (Å²) in [5.41, 5.74) is 3.03. The first-order valence-corrected chi connectivity index (χ1v) is 6.27. The number of aromatic nitrogens is 3. The Labute approximate surface area is 109 Å². The minimum Gasteiger partial charge on any atom is -0.380 e. The van der Waals surface area contributed by atoms with Crippen LogP contribution in [0.1, 0.15) is 23.0 Å². The highest BCUT2D eigenvalue weighted by atomic mass is 79.9. The molecule has 1 aromatic heterocycles. The van der Waals surface area contributed by atoms with Crippen molar-refractivity contribution in [3.8, 4) is 5.69 Å². The molecule has 0 spiro atoms. The molecule has 0 fully saturated rings. The average molecular weight is 296 g/mol. The first-order chi connectivity index (χ1) is 8.20. The third-order valence-corrected chi connectivity index (χ3v) is 2.87. The van der Waals surface area contributed by atoms with Crippen LogP contribution in [0.5, 0.6) is 0 Å². The molecule has 0 saturated heterocycles. The number of nitrogens with zero attached hydrogens (tertiary/aromatic N) is 3. The SMILES string of the molecule is COCc1cccc(-n2cc(C(C)Br)nn2)c1. The molecule has 90 valence electrons. The summed E-state index contributed by atoms with van der Waals surface area (Å²) in [7, 11) is 1.69. The third kappa shape index (κ3) is 2.92. The highest BCUT2D eigenvalue weighted by Crippen LogP contribution is 2.19. The Morgan fingerprint density at radius 3 is 2.94 bits per heavy atom. The van der Waals surface area contributed by atoms with E-state index in [0.29, 0.717) is 6.61 Å². The quantitative estimate of drug-likeness (QED) is 0.814. The van der Waals surface area contributed by atoms with Crippen LogP contribution in [-0.4, -0.2) is 22.1 Å². The van der Waals surface area contributed by atoms with E-state index in [2.05, 4.69) is 26.2 Å². The van der Waals surface area contributed by atoms with Gasteiger partial charge in [0.25, 0.3) is 0 Å². The number of methoxy groups -OCH3 is 1. The maximum absolute atomic E-state index is 5.11. The van der Waals surface area contributed by atoms with E-state index < -0.39 is 0 Å². The molecule has 4 nitrogen and oxygen atoms in total. The molecule has 0 amide bonds. The molecule has 1 atom stereocenters. The van der Waals surface area contributed by atoms with E-state index in [4.69, 9.17) is 4.74 Å². The number of benzene rings is 1. The third-order valence-electron chi connectivity index (χ3n) is 2.40. The first kappa shape index (κ1) is 12.3. The number of halogens is 1. The van der Waals surface area contributed by atoms with Gasteiger partial charge in [0.05, 0.1) is 29.0 Å². The number of hydrogen-bond acceptors (Lipinski definition) is 3. The maximum atomic E-state index is 5.11. The van der Waals surface area contributed by atoms with Crippen LogP contribution < -0.4 is 0 Å². The van der Waals surface area contributed by atoms with Crippen LogP contribution >= 0.6 is 15.9 Å². The van der Waals surface area contributed by atoms with Crippen molar-refractivity contribution in [1.29, 1.82) is 0 Å². The summed E-state index contributed by atoms with van der Waals surface area (Å²) in [4.78, 5) is 0.207. The summed E-state index contributed by atoms with van der Waals surface area (Å²) >= 11 is 3.47. The molecule has 0 saturated carbocycles. The van der Waals surface area contributed by atoms with Gasteiger partial charge in [0, 0.05) is 7.11 Å². The molecular weight excluding hydrogens is 282 g/mol. The van der Waals surface area contributed by atoms with Crippen LogP contribution in [0.15, 0.2) is 30.5 Å². The summed E-state index contributed by atoms with van der Waals surface area (Å²) in [6.07, 6.45) is 1.92. The fraction of sp³-hybridized carbons (Fsp3) is 0.333. The molecule has 0 aliphatic carbocycles. The average Bonchev–Trinajstić information content (AvgIpc) is 2.79. The molecule has 0 radical (unpaired) electrons. The predicted octanol–water partition coefficient (Wildman–Crippen LogP) is 2.87. The standard InChI is InChI=1S/C12H14BrN3O/c1-9(13)12-7-16(15-14-12)11-5-3-4-10(6-11)8-17-2/h3-7,9H,8H2,1-2H3. The first-order valence-electron chi connectivity index (χ1n) is 5.35. The summed E-state index contributed by atoms with van der Waals surface area (Å²) in [6.45, 7) is 2.62. The summed E-state index contributed by atoms with van der Waals surface area (Å²) in [6, 6.07) is 8.05. The van der Waals surface area contributed by atoms with Crippen molar-refractivity contribution in [3.63, 3.8) is 0 Å². The highest BCUT2D eigenvalue weighted by Gasteiger charge is 2.07. The lowest BCUT2D eigenvalue weighted by atomic mass is 10.2. The second-order valence-corrected chi connectivity index (χ2v) is 5.18. The molecule has 2 aromatic rings. The lowest BCUT2D eigenvalue weighted by Crippen LogP contribution is -1.96. The Morgan fingerprint density at radius 2 is 2.29 bits per heavy atom. The monoisotopic (exact) mass is 295 g/mol. The Hall–Kier alpha value is -1.20. The van der Waals surface area contributed by atoms with Gasteiger partial charge in [-0.15, -0.1) is 5.10 Å². The van der Waals surface area contributed by atoms with Gasteiger partial charge in [-0.1, -0.05) is 33.3 Å². The molecule has 0 aliphatic heterocycles. The van der Waals surface area contributed by atoms with E-state index >= 15 is 0 Å². The van der Waals surface area contributed by atoms with E-state index in [-0.39, 0.29) is 4.83 Å². The van der Waals surface area contributed by atoms with Crippen molar-refractivity contribution < 1.29 is 4.74 Å². The van der Waals surface area contributed by atoms with Crippen molar-refractivity contribution in [2.24, 2.45) is 0 Å². The molecule has 2 rings (SSSR count). The molecule has 1 aromatic carbocycles. The van der Waals surface area contributed by atoms with Gasteiger partial charge in [-0.05, 0) is 24.6 Å². The van der Waals surface area contributed by atoms with Crippen molar-refractivity contribution in [3.05, 3.63) is 41.7 Å². The van der Waals surface area contributed by atoms with Crippen LogP contribution in [0.25, 0.3) is 5.69 Å². The van der Waals surface area contributed by atoms with Crippen LogP contribution in [-0.2, 0) is 11.3 Å². The number of hydrogen-bond donors (Lipinski definition) is 0. The van der Waals surface area contributed by atoms with Crippen LogP contribution in [0.3, 0.4) is 0 Å². The molecule has 0 bridgehead atoms. The molecule has 5 heteroatoms. The topological polar surface area (TPSA) is 39.9 Å². The minimum absolute atomic E-state index is 0.207. The predicted molar refractivity (Wildman–Crippen MR) is 69.4 cm³/mol. The molecule has 0 aliphatic rings. The van der Waals surface area contributed by atoms with Gasteiger partial charge in [0.2, 0.25) is 0 Å². The van der Waals surface area contributed by atoms with Gasteiger partial charge in [-0.25, -0.2) is 4.68 Å². The van der Waals surface area contributed by atoms with Crippen LogP contribution in [0, 0.1) is 0 Å². The van der Waals surface area contributed by atoms with E-state index in [1.54, 1.807) is 11.8 Å². The summed E-state index contributed by atoms with van der Waals surface area (Å²) in [5, 5.41) is 8.21. The second kappa shape index (κ2) is 5.42. The summed E-state index contributed by atoms with van der Waals surface area (Å²) < 4.78 is 6.88. The van der Waals surface area contributed by atoms with Gasteiger partial charge in [0.1, 0.15) is 0 Å². The molecule has 17 heavy (non-hydrogen) atoms. The molecular formula is C12H14BrN3O. The molecule has 0 N–H and O–H groups in total. The Bertz CT molecular complexity index is 496. The Kier molecular flexibility index (Phi) is 3.91. The van der Waals surface area contributed by atoms with Crippen LogP contribution in [0.4, 0.5) is 0 Å². The zero-order chi connectivity index (χ0) is 12.3. The van der Waals surface area contributed by atoms with E-state index in [1.807, 2.05) is 37.4 Å². The maximum Gasteiger partial charge on any atom is 0.0965 e. The summed E-state index contributed by atoms with van der Waals surface area (Å²) in [5.74, 6) is 0. The van der Waals surface area contributed by atoms with Gasteiger partial charge in [0.15, 0.2) is 0 Å². The van der Waals surface area contributed by atoms with Gasteiger partial charge in [-0.3, -0.25) is 0 Å². The second-order valence-electron chi connectivity index (χ2n) is 3.81. The van der Waals surface area contributed by atoms with Crippen molar-refractivity contribution >= 4 is 15.9 Å². The number of alkyl halides is 1. The fourth-order valence-corrected chi connectivity index (χ4v) is 1.75. The Morgan fingerprint density at radius 1 is 1.47 bits per heavy atom. The van der Waals surface area contributed by atoms with Gasteiger partial charge in [-0.2, -0.15) is 0 Å². The van der Waals surface area contributed by atoms with Crippen molar-refractivity contribution in [1.82, 2.24) is 15.0 Å². The van der Waals surface area contributed by atoms with Crippen molar-refractivity contribution in [2.45, 2.75) is 18.4 Å². The smallest absolute Gasteiger partial charge is 0.0965 e. The fourth-order valence-electron chi connectivity index (χ4n) is 1.54. The van der Waals surface area contributed by atoms with E-state index in [0.717, 1.165) is 16.9 Å². The van der Waals surface area contributed by atoms with E-state index in [1.165, 1.54) is 0 Å². The van der Waals surface area contributed by atoms with Crippen molar-refractivity contribution in [2.75, 3.05) is 7.11 Å². The largest absolute Gasteiger partial charge is 0.380 e. The lowest BCUT2D eigenvalue weighted by Gasteiger charge is -2.03.